The molecular formula is C25H29N3O6S. The van der Waals surface area contributed by atoms with E-state index in [-0.39, 0.29) is 23.8 Å². The summed E-state index contributed by atoms with van der Waals surface area (Å²) in [6.45, 7) is 3.41. The maximum Gasteiger partial charge on any atom is 0.306 e. The molecule has 4 rings (SSSR count). The first kappa shape index (κ1) is 24.9. The van der Waals surface area contributed by atoms with Gasteiger partial charge in [0.15, 0.2) is 6.61 Å². The number of hydrogen-bond acceptors (Lipinski definition) is 8. The van der Waals surface area contributed by atoms with Gasteiger partial charge < -0.3 is 14.0 Å². The topological polar surface area (TPSA) is 112 Å². The van der Waals surface area contributed by atoms with E-state index >= 15 is 0 Å². The summed E-state index contributed by atoms with van der Waals surface area (Å²) in [7, 11) is -3.46. The van der Waals surface area contributed by atoms with Crippen molar-refractivity contribution in [2.75, 3.05) is 19.7 Å². The average Bonchev–Trinajstić information content (AvgIpc) is 3.36. The molecule has 1 aromatic heterocycles. The van der Waals surface area contributed by atoms with Crippen molar-refractivity contribution in [3.8, 4) is 17.1 Å². The zero-order valence-corrected chi connectivity index (χ0v) is 20.5. The molecule has 0 atom stereocenters. The lowest BCUT2D eigenvalue weighted by atomic mass is 10.1. The number of carbonyl (C=O) groups excluding carboxylic acids is 1. The van der Waals surface area contributed by atoms with E-state index in [9.17, 15) is 13.2 Å². The second kappa shape index (κ2) is 11.5. The van der Waals surface area contributed by atoms with Gasteiger partial charge in [-0.3, -0.25) is 4.79 Å². The average molecular weight is 500 g/mol. The minimum atomic E-state index is -3.46. The summed E-state index contributed by atoms with van der Waals surface area (Å²) >= 11 is 0. The first-order valence-electron chi connectivity index (χ1n) is 11.8. The van der Waals surface area contributed by atoms with Crippen LogP contribution in [0.15, 0.2) is 57.9 Å². The second-order valence-electron chi connectivity index (χ2n) is 8.21. The molecule has 0 radical (unpaired) electrons. The molecule has 1 aliphatic rings. The molecule has 2 aromatic carbocycles. The highest BCUT2D eigenvalue weighted by Gasteiger charge is 2.25. The lowest BCUT2D eigenvalue weighted by Crippen LogP contribution is -2.35. The van der Waals surface area contributed by atoms with Crippen molar-refractivity contribution >= 4 is 16.0 Å². The van der Waals surface area contributed by atoms with Gasteiger partial charge in [0.25, 0.3) is 5.89 Å². The molecule has 0 N–H and O–H groups in total. The normalized spacial score (nSPS) is 14.5. The van der Waals surface area contributed by atoms with Gasteiger partial charge in [0, 0.05) is 19.5 Å². The van der Waals surface area contributed by atoms with E-state index in [0.29, 0.717) is 43.3 Å². The molecule has 35 heavy (non-hydrogen) atoms. The van der Waals surface area contributed by atoms with Crippen molar-refractivity contribution in [1.29, 1.82) is 0 Å². The molecule has 10 heteroatoms. The van der Waals surface area contributed by atoms with Gasteiger partial charge in [0.1, 0.15) is 5.75 Å². The molecule has 1 aliphatic heterocycles. The van der Waals surface area contributed by atoms with Crippen molar-refractivity contribution in [2.45, 2.75) is 50.5 Å². The Kier molecular flexibility index (Phi) is 8.14. The lowest BCUT2D eigenvalue weighted by molar-refractivity contribution is -0.145. The highest BCUT2D eigenvalue weighted by molar-refractivity contribution is 7.89. The Hall–Kier alpha value is -3.24. The standard InChI is InChI=1S/C25H29N3O6S/c1-2-32-22-9-5-4-8-21(22)25-26-23(34-27-25)18-33-24(29)15-12-19-10-13-20(14-11-19)35(30,31)28-16-6-3-7-17-28/h4-5,8-11,13-14H,2-3,6-7,12,15-18H2,1H3. The van der Waals surface area contributed by atoms with Crippen molar-refractivity contribution in [3.05, 3.63) is 60.0 Å². The summed E-state index contributed by atoms with van der Waals surface area (Å²) in [5, 5.41) is 3.95. The number of aromatic nitrogens is 2. The van der Waals surface area contributed by atoms with E-state index in [4.69, 9.17) is 14.0 Å². The molecule has 0 amide bonds. The van der Waals surface area contributed by atoms with Crippen LogP contribution in [0.2, 0.25) is 0 Å². The van der Waals surface area contributed by atoms with E-state index in [1.165, 1.54) is 0 Å². The molecule has 0 aliphatic carbocycles. The SMILES string of the molecule is CCOc1ccccc1-c1noc(COC(=O)CCc2ccc(S(=O)(=O)N3CCCCC3)cc2)n1. The Morgan fingerprint density at radius 2 is 1.80 bits per heavy atom. The summed E-state index contributed by atoms with van der Waals surface area (Å²) in [6, 6.07) is 14.0. The summed E-state index contributed by atoms with van der Waals surface area (Å²) in [6.07, 6.45) is 3.43. The second-order valence-corrected chi connectivity index (χ2v) is 10.1. The Morgan fingerprint density at radius 1 is 1.06 bits per heavy atom. The van der Waals surface area contributed by atoms with Crippen LogP contribution in [0, 0.1) is 0 Å². The van der Waals surface area contributed by atoms with Gasteiger partial charge in [-0.25, -0.2) is 8.42 Å². The molecule has 0 bridgehead atoms. The van der Waals surface area contributed by atoms with E-state index in [1.54, 1.807) is 28.6 Å². The zero-order valence-electron chi connectivity index (χ0n) is 19.7. The van der Waals surface area contributed by atoms with E-state index in [1.807, 2.05) is 31.2 Å². The van der Waals surface area contributed by atoms with Crippen molar-refractivity contribution in [3.63, 3.8) is 0 Å². The third kappa shape index (κ3) is 6.26. The Morgan fingerprint density at radius 3 is 2.54 bits per heavy atom. The zero-order chi connectivity index (χ0) is 24.7. The van der Waals surface area contributed by atoms with Crippen LogP contribution in [0.5, 0.6) is 5.75 Å². The maximum absolute atomic E-state index is 12.8. The molecule has 0 saturated carbocycles. The number of piperidine rings is 1. The molecule has 1 fully saturated rings. The molecule has 3 aromatic rings. The fraction of sp³-hybridized carbons (Fsp3) is 0.400. The number of rotatable bonds is 10. The number of carbonyl (C=O) groups is 1. The number of para-hydroxylation sites is 1. The van der Waals surface area contributed by atoms with Gasteiger partial charge in [-0.15, -0.1) is 0 Å². The quantitative estimate of drug-likeness (QED) is 0.385. The van der Waals surface area contributed by atoms with Crippen LogP contribution in [0.4, 0.5) is 0 Å². The van der Waals surface area contributed by atoms with Gasteiger partial charge in [0.2, 0.25) is 15.8 Å². The molecule has 9 nitrogen and oxygen atoms in total. The van der Waals surface area contributed by atoms with Crippen LogP contribution in [-0.4, -0.2) is 48.5 Å². The first-order chi connectivity index (χ1) is 17.0. The van der Waals surface area contributed by atoms with Crippen molar-refractivity contribution in [1.82, 2.24) is 14.4 Å². The van der Waals surface area contributed by atoms with Crippen LogP contribution >= 0.6 is 0 Å². The fourth-order valence-electron chi connectivity index (χ4n) is 3.90. The summed E-state index contributed by atoms with van der Waals surface area (Å²) in [5.41, 5.74) is 1.55. The van der Waals surface area contributed by atoms with Gasteiger partial charge in [-0.1, -0.05) is 35.8 Å². The van der Waals surface area contributed by atoms with E-state index in [0.717, 1.165) is 24.8 Å². The van der Waals surface area contributed by atoms with Gasteiger partial charge in [-0.05, 0) is 56.0 Å². The lowest BCUT2D eigenvalue weighted by Gasteiger charge is -2.25. The number of esters is 1. The van der Waals surface area contributed by atoms with Gasteiger partial charge in [-0.2, -0.15) is 9.29 Å². The smallest absolute Gasteiger partial charge is 0.306 e. The van der Waals surface area contributed by atoms with Crippen LogP contribution in [0.3, 0.4) is 0 Å². The predicted octanol–water partition coefficient (Wildman–Crippen LogP) is 3.99. The molecule has 1 saturated heterocycles. The van der Waals surface area contributed by atoms with Crippen molar-refractivity contribution in [2.24, 2.45) is 0 Å². The number of benzene rings is 2. The van der Waals surface area contributed by atoms with Gasteiger partial charge >= 0.3 is 5.97 Å². The summed E-state index contributed by atoms with van der Waals surface area (Å²) in [5.74, 6) is 0.783. The van der Waals surface area contributed by atoms with Crippen molar-refractivity contribution < 1.29 is 27.2 Å². The number of hydrogen-bond donors (Lipinski definition) is 0. The third-order valence-electron chi connectivity index (χ3n) is 5.75. The molecule has 186 valence electrons. The minimum absolute atomic E-state index is 0.129. The predicted molar refractivity (Wildman–Crippen MR) is 128 cm³/mol. The fourth-order valence-corrected chi connectivity index (χ4v) is 5.42. The maximum atomic E-state index is 12.8. The Bertz CT molecular complexity index is 1230. The Balaban J connectivity index is 1.27. The largest absolute Gasteiger partial charge is 0.493 e. The molecular weight excluding hydrogens is 470 g/mol. The molecule has 0 unspecified atom stereocenters. The van der Waals surface area contributed by atoms with Crippen LogP contribution < -0.4 is 4.74 Å². The summed E-state index contributed by atoms with van der Waals surface area (Å²) in [4.78, 5) is 16.8. The molecule has 0 spiro atoms. The molecule has 2 heterocycles. The number of sulfonamides is 1. The van der Waals surface area contributed by atoms with Crippen LogP contribution in [-0.2, 0) is 32.6 Å². The number of aryl methyl sites for hydroxylation is 1. The van der Waals surface area contributed by atoms with Gasteiger partial charge in [0.05, 0.1) is 17.1 Å². The first-order valence-corrected chi connectivity index (χ1v) is 13.2. The highest BCUT2D eigenvalue weighted by Crippen LogP contribution is 2.27. The minimum Gasteiger partial charge on any atom is -0.493 e. The highest BCUT2D eigenvalue weighted by atomic mass is 32.2. The van der Waals surface area contributed by atoms with E-state index < -0.39 is 16.0 Å². The summed E-state index contributed by atoms with van der Waals surface area (Å²) < 4.78 is 43.1. The van der Waals surface area contributed by atoms with Crippen LogP contribution in [0.1, 0.15) is 44.1 Å². The van der Waals surface area contributed by atoms with Crippen LogP contribution in [0.25, 0.3) is 11.4 Å². The third-order valence-corrected chi connectivity index (χ3v) is 7.66. The monoisotopic (exact) mass is 499 g/mol. The number of ether oxygens (including phenoxy) is 2. The Labute approximate surface area is 205 Å². The number of nitrogens with zero attached hydrogens (tertiary/aromatic N) is 3. The van der Waals surface area contributed by atoms with E-state index in [2.05, 4.69) is 10.1 Å².